The molecule has 1 saturated heterocycles. The molecule has 3 atom stereocenters. The number of urea groups is 1. The van der Waals surface area contributed by atoms with Gasteiger partial charge >= 0.3 is 12.0 Å². The normalized spacial score (nSPS) is 24.9. The van der Waals surface area contributed by atoms with Gasteiger partial charge in [-0.3, -0.25) is 4.79 Å². The van der Waals surface area contributed by atoms with Crippen molar-refractivity contribution in [1.29, 1.82) is 0 Å². The van der Waals surface area contributed by atoms with E-state index < -0.39 is 25.8 Å². The molecule has 0 radical (unpaired) electrons. The number of rotatable bonds is 3. The van der Waals surface area contributed by atoms with Crippen LogP contribution in [0.3, 0.4) is 0 Å². The SMILES string of the molecule is CC(=O)OC1CC(C)OC(C)O1.O=C(NCO)NCO. The Balaban J connectivity index is 0.000000396. The minimum Gasteiger partial charge on any atom is -0.436 e. The van der Waals surface area contributed by atoms with Gasteiger partial charge < -0.3 is 35.1 Å². The van der Waals surface area contributed by atoms with E-state index in [1.807, 2.05) is 17.6 Å². The number of ether oxygens (including phenoxy) is 3. The number of amides is 2. The van der Waals surface area contributed by atoms with Crippen LogP contribution in [0, 0.1) is 0 Å². The lowest BCUT2D eigenvalue weighted by Gasteiger charge is -2.31. The lowest BCUT2D eigenvalue weighted by atomic mass is 10.2. The molecule has 3 unspecified atom stereocenters. The quantitative estimate of drug-likeness (QED) is 0.398. The van der Waals surface area contributed by atoms with Crippen molar-refractivity contribution in [3.63, 3.8) is 0 Å². The van der Waals surface area contributed by atoms with Crippen molar-refractivity contribution in [3.8, 4) is 0 Å². The van der Waals surface area contributed by atoms with Crippen LogP contribution in [0.15, 0.2) is 0 Å². The van der Waals surface area contributed by atoms with Gasteiger partial charge in [-0.15, -0.1) is 0 Å². The number of nitrogens with one attached hydrogen (secondary N) is 2. The number of esters is 1. The topological polar surface area (TPSA) is 126 Å². The predicted octanol–water partition coefficient (Wildman–Crippen LogP) is -0.768. The van der Waals surface area contributed by atoms with E-state index in [9.17, 15) is 9.59 Å². The van der Waals surface area contributed by atoms with E-state index in [0.717, 1.165) is 0 Å². The van der Waals surface area contributed by atoms with Crippen LogP contribution in [0.2, 0.25) is 0 Å². The van der Waals surface area contributed by atoms with Gasteiger partial charge in [0, 0.05) is 13.3 Å². The van der Waals surface area contributed by atoms with Gasteiger partial charge in [0.05, 0.1) is 6.10 Å². The molecule has 4 N–H and O–H groups in total. The molecule has 1 aliphatic rings. The molecule has 0 aromatic carbocycles. The molecule has 0 aromatic rings. The number of carbonyl (C=O) groups is 2. The zero-order valence-electron chi connectivity index (χ0n) is 11.8. The Kier molecular flexibility index (Phi) is 9.64. The van der Waals surface area contributed by atoms with Gasteiger partial charge in [0.25, 0.3) is 0 Å². The average Bonchev–Trinajstić information content (AvgIpc) is 2.27. The third-order valence-electron chi connectivity index (χ3n) is 2.07. The Bertz CT molecular complexity index is 282. The highest BCUT2D eigenvalue weighted by Crippen LogP contribution is 2.18. The van der Waals surface area contributed by atoms with E-state index in [-0.39, 0.29) is 18.4 Å². The summed E-state index contributed by atoms with van der Waals surface area (Å²) in [4.78, 5) is 20.7. The first-order valence-electron chi connectivity index (χ1n) is 6.10. The van der Waals surface area contributed by atoms with Crippen molar-refractivity contribution >= 4 is 12.0 Å². The Hall–Kier alpha value is -1.42. The number of hydrogen-bond acceptors (Lipinski definition) is 7. The van der Waals surface area contributed by atoms with Crippen molar-refractivity contribution in [1.82, 2.24) is 10.6 Å². The fourth-order valence-electron chi connectivity index (χ4n) is 1.42. The highest BCUT2D eigenvalue weighted by Gasteiger charge is 2.26. The Labute approximate surface area is 117 Å². The minimum absolute atomic E-state index is 0.0816. The van der Waals surface area contributed by atoms with Gasteiger partial charge in [0.1, 0.15) is 13.5 Å². The van der Waals surface area contributed by atoms with Crippen molar-refractivity contribution in [3.05, 3.63) is 0 Å². The van der Waals surface area contributed by atoms with Gasteiger partial charge in [0.2, 0.25) is 6.29 Å². The predicted molar refractivity (Wildman–Crippen MR) is 67.1 cm³/mol. The zero-order valence-corrected chi connectivity index (χ0v) is 11.8. The van der Waals surface area contributed by atoms with E-state index in [0.29, 0.717) is 6.42 Å². The highest BCUT2D eigenvalue weighted by molar-refractivity contribution is 5.73. The number of aliphatic hydroxyl groups excluding tert-OH is 2. The lowest BCUT2D eigenvalue weighted by molar-refractivity contribution is -0.288. The maximum Gasteiger partial charge on any atom is 0.318 e. The van der Waals surface area contributed by atoms with E-state index in [1.165, 1.54) is 6.92 Å². The first kappa shape index (κ1) is 18.6. The van der Waals surface area contributed by atoms with Crippen LogP contribution in [0.1, 0.15) is 27.2 Å². The summed E-state index contributed by atoms with van der Waals surface area (Å²) in [5, 5.41) is 20.0. The van der Waals surface area contributed by atoms with Crippen molar-refractivity contribution < 1.29 is 34.0 Å². The van der Waals surface area contributed by atoms with Crippen molar-refractivity contribution in [2.75, 3.05) is 13.5 Å². The minimum atomic E-state index is -0.588. The summed E-state index contributed by atoms with van der Waals surface area (Å²) in [7, 11) is 0. The number of hydrogen-bond donors (Lipinski definition) is 4. The maximum absolute atomic E-state index is 10.6. The molecule has 9 heteroatoms. The molecule has 20 heavy (non-hydrogen) atoms. The van der Waals surface area contributed by atoms with Crippen LogP contribution in [0.4, 0.5) is 4.79 Å². The van der Waals surface area contributed by atoms with Crippen LogP contribution in [-0.2, 0) is 19.0 Å². The second-order valence-electron chi connectivity index (χ2n) is 3.92. The smallest absolute Gasteiger partial charge is 0.318 e. The maximum atomic E-state index is 10.6. The first-order chi connectivity index (χ1) is 9.38. The summed E-state index contributed by atoms with van der Waals surface area (Å²) < 4.78 is 15.4. The third-order valence-corrected chi connectivity index (χ3v) is 2.07. The summed E-state index contributed by atoms with van der Waals surface area (Å²) >= 11 is 0. The molecule has 0 aromatic heterocycles. The van der Waals surface area contributed by atoms with Crippen LogP contribution in [0.25, 0.3) is 0 Å². The van der Waals surface area contributed by atoms with Gasteiger partial charge in [-0.1, -0.05) is 0 Å². The second-order valence-corrected chi connectivity index (χ2v) is 3.92. The van der Waals surface area contributed by atoms with E-state index >= 15 is 0 Å². The lowest BCUT2D eigenvalue weighted by Crippen LogP contribution is -2.37. The van der Waals surface area contributed by atoms with Crippen molar-refractivity contribution in [2.45, 2.75) is 45.9 Å². The fraction of sp³-hybridized carbons (Fsp3) is 0.818. The molecular formula is C11H22N2O7. The Morgan fingerprint density at radius 2 is 1.75 bits per heavy atom. The van der Waals surface area contributed by atoms with Crippen LogP contribution in [-0.4, -0.2) is 54.4 Å². The molecule has 1 rings (SSSR count). The molecule has 0 bridgehead atoms. The highest BCUT2D eigenvalue weighted by atomic mass is 16.8. The summed E-state index contributed by atoms with van der Waals surface area (Å²) in [5.74, 6) is -0.318. The first-order valence-corrected chi connectivity index (χ1v) is 6.10. The zero-order chi connectivity index (χ0) is 15.5. The molecule has 9 nitrogen and oxygen atoms in total. The second kappa shape index (κ2) is 10.4. The molecule has 1 fully saturated rings. The van der Waals surface area contributed by atoms with Gasteiger partial charge in [-0.05, 0) is 13.8 Å². The molecule has 0 saturated carbocycles. The summed E-state index contributed by atoms with van der Waals surface area (Å²) in [6.07, 6.45) is -0.0540. The Morgan fingerprint density at radius 1 is 1.20 bits per heavy atom. The van der Waals surface area contributed by atoms with E-state index in [2.05, 4.69) is 0 Å². The number of aliphatic hydroxyl groups is 2. The van der Waals surface area contributed by atoms with Crippen LogP contribution in [0.5, 0.6) is 0 Å². The molecule has 1 heterocycles. The molecule has 1 aliphatic heterocycles. The molecule has 118 valence electrons. The summed E-state index contributed by atoms with van der Waals surface area (Å²) in [6.45, 7) is 4.23. The molecule has 2 amide bonds. The summed E-state index contributed by atoms with van der Waals surface area (Å²) in [5.41, 5.74) is 0. The van der Waals surface area contributed by atoms with E-state index in [1.54, 1.807) is 6.92 Å². The third kappa shape index (κ3) is 9.50. The largest absolute Gasteiger partial charge is 0.436 e. The molecule has 0 aliphatic carbocycles. The van der Waals surface area contributed by atoms with Crippen molar-refractivity contribution in [2.24, 2.45) is 0 Å². The van der Waals surface area contributed by atoms with Gasteiger partial charge in [-0.2, -0.15) is 0 Å². The summed E-state index contributed by atoms with van der Waals surface area (Å²) in [6, 6.07) is -0.588. The fourth-order valence-corrected chi connectivity index (χ4v) is 1.42. The Morgan fingerprint density at radius 3 is 2.15 bits per heavy atom. The average molecular weight is 294 g/mol. The molecule has 0 spiro atoms. The van der Waals surface area contributed by atoms with Crippen LogP contribution >= 0.6 is 0 Å². The number of carbonyl (C=O) groups excluding carboxylic acids is 2. The molecular weight excluding hydrogens is 272 g/mol. The standard InChI is InChI=1S/C8H14O4.C3H8N2O3/c1-5-4-8(11-6(2)9)12-7(3)10-5;6-1-4-3(8)5-2-7/h5,7-8H,4H2,1-3H3;6-7H,1-2H2,(H2,4,5,8). The monoisotopic (exact) mass is 294 g/mol. The van der Waals surface area contributed by atoms with E-state index in [4.69, 9.17) is 24.4 Å². The van der Waals surface area contributed by atoms with Crippen LogP contribution < -0.4 is 10.6 Å². The van der Waals surface area contributed by atoms with Gasteiger partial charge in [0.15, 0.2) is 6.29 Å². The van der Waals surface area contributed by atoms with Gasteiger partial charge in [-0.25, -0.2) is 4.79 Å².